The van der Waals surface area contributed by atoms with E-state index < -0.39 is 5.82 Å². The zero-order valence-corrected chi connectivity index (χ0v) is 17.0. The molecule has 2 aromatic heterocycles. The maximum atomic E-state index is 14.6. The van der Waals surface area contributed by atoms with Gasteiger partial charge in [0.1, 0.15) is 23.9 Å². The molecule has 0 unspecified atom stereocenters. The number of hydrogen-bond acceptors (Lipinski definition) is 7. The molecule has 0 fully saturated rings. The first-order chi connectivity index (χ1) is 14.5. The molecule has 0 spiro atoms. The number of rotatable bonds is 6. The summed E-state index contributed by atoms with van der Waals surface area (Å²) in [5.41, 5.74) is 1.61. The number of aromatic nitrogens is 1. The lowest BCUT2D eigenvalue weighted by atomic mass is 10.1. The van der Waals surface area contributed by atoms with E-state index in [2.05, 4.69) is 4.98 Å². The molecule has 2 N–H and O–H groups in total. The highest BCUT2D eigenvalue weighted by Gasteiger charge is 2.20. The quantitative estimate of drug-likeness (QED) is 0.445. The van der Waals surface area contributed by atoms with Crippen molar-refractivity contribution in [1.82, 2.24) is 4.98 Å². The van der Waals surface area contributed by atoms with E-state index in [1.54, 1.807) is 13.3 Å². The second-order valence-electron chi connectivity index (χ2n) is 6.44. The Hall–Kier alpha value is -3.52. The zero-order chi connectivity index (χ0) is 21.3. The minimum absolute atomic E-state index is 0.0165. The van der Waals surface area contributed by atoms with Crippen molar-refractivity contribution in [1.29, 1.82) is 0 Å². The number of thiophene rings is 1. The molecule has 154 valence electrons. The average molecular weight is 427 g/mol. The molecule has 0 aliphatic heterocycles. The second-order valence-corrected chi connectivity index (χ2v) is 7.29. The number of hydrogen-bond donors (Lipinski definition) is 2. The summed E-state index contributed by atoms with van der Waals surface area (Å²) < 4.78 is 31.0. The van der Waals surface area contributed by atoms with Gasteiger partial charge in [0.2, 0.25) is 0 Å². The Bertz CT molecular complexity index is 1200. The van der Waals surface area contributed by atoms with Crippen molar-refractivity contribution in [3.8, 4) is 39.2 Å². The number of halogens is 1. The SMILES string of the molecule is COc1cnc2c(COc3cc(-c4c(O)csc4O)c(F)cc3OC)cccc2c1. The number of methoxy groups -OCH3 is 2. The molecule has 4 rings (SSSR count). The summed E-state index contributed by atoms with van der Waals surface area (Å²) in [5.74, 6) is 0.257. The molecule has 0 aliphatic carbocycles. The van der Waals surface area contributed by atoms with Crippen LogP contribution in [0.15, 0.2) is 48.0 Å². The molecule has 0 amide bonds. The van der Waals surface area contributed by atoms with Crippen LogP contribution in [0.3, 0.4) is 0 Å². The Labute approximate surface area is 175 Å². The third kappa shape index (κ3) is 3.57. The number of fused-ring (bicyclic) bond motifs is 1. The van der Waals surface area contributed by atoms with Gasteiger partial charge in [-0.3, -0.25) is 4.98 Å². The van der Waals surface area contributed by atoms with Crippen molar-refractivity contribution in [2.75, 3.05) is 14.2 Å². The lowest BCUT2D eigenvalue weighted by Crippen LogP contribution is -2.01. The molecule has 0 radical (unpaired) electrons. The van der Waals surface area contributed by atoms with Gasteiger partial charge in [-0.1, -0.05) is 18.2 Å². The summed E-state index contributed by atoms with van der Waals surface area (Å²) in [4.78, 5) is 4.44. The van der Waals surface area contributed by atoms with E-state index in [0.29, 0.717) is 5.75 Å². The first-order valence-corrected chi connectivity index (χ1v) is 9.81. The molecular formula is C22H18FNO5S. The van der Waals surface area contributed by atoms with E-state index in [1.165, 1.54) is 18.6 Å². The van der Waals surface area contributed by atoms with Crippen LogP contribution >= 0.6 is 11.3 Å². The molecule has 0 atom stereocenters. The Morgan fingerprint density at radius 1 is 1.07 bits per heavy atom. The highest BCUT2D eigenvalue weighted by atomic mass is 32.1. The molecule has 0 saturated carbocycles. The summed E-state index contributed by atoms with van der Waals surface area (Å²) in [6, 6.07) is 10.1. The van der Waals surface area contributed by atoms with Crippen LogP contribution in [0.2, 0.25) is 0 Å². The van der Waals surface area contributed by atoms with E-state index in [0.717, 1.165) is 33.9 Å². The highest BCUT2D eigenvalue weighted by molar-refractivity contribution is 7.12. The third-order valence-electron chi connectivity index (χ3n) is 4.66. The monoisotopic (exact) mass is 427 g/mol. The van der Waals surface area contributed by atoms with Gasteiger partial charge in [0.05, 0.1) is 31.5 Å². The Morgan fingerprint density at radius 3 is 2.60 bits per heavy atom. The Balaban J connectivity index is 1.70. The second kappa shape index (κ2) is 8.08. The fourth-order valence-electron chi connectivity index (χ4n) is 3.18. The number of nitrogens with zero attached hydrogens (tertiary/aromatic N) is 1. The van der Waals surface area contributed by atoms with Gasteiger partial charge in [-0.2, -0.15) is 0 Å². The normalized spacial score (nSPS) is 10.9. The van der Waals surface area contributed by atoms with Gasteiger partial charge in [0.25, 0.3) is 0 Å². The van der Waals surface area contributed by atoms with Crippen molar-refractivity contribution in [2.45, 2.75) is 6.61 Å². The van der Waals surface area contributed by atoms with Crippen LogP contribution in [0, 0.1) is 5.82 Å². The molecule has 2 aromatic carbocycles. The van der Waals surface area contributed by atoms with E-state index in [9.17, 15) is 14.6 Å². The minimum Gasteiger partial charge on any atom is -0.506 e. The summed E-state index contributed by atoms with van der Waals surface area (Å²) in [6.07, 6.45) is 1.63. The fraction of sp³-hybridized carbons (Fsp3) is 0.136. The number of aromatic hydroxyl groups is 2. The highest BCUT2D eigenvalue weighted by Crippen LogP contribution is 2.46. The van der Waals surface area contributed by atoms with Crippen LogP contribution in [-0.4, -0.2) is 29.4 Å². The summed E-state index contributed by atoms with van der Waals surface area (Å²) >= 11 is 0.913. The molecule has 8 heteroatoms. The molecule has 0 bridgehead atoms. The standard InChI is InChI=1S/C22H18FNO5S/c1-27-14-6-12-4-3-5-13(21(12)24-9-14)10-29-19-7-15(16(23)8-18(19)28-2)20-17(25)11-30-22(20)26/h3-9,11,25-26H,10H2,1-2H3. The maximum Gasteiger partial charge on any atom is 0.183 e. The predicted molar refractivity (Wildman–Crippen MR) is 112 cm³/mol. The third-order valence-corrected chi connectivity index (χ3v) is 5.43. The molecule has 0 saturated heterocycles. The Morgan fingerprint density at radius 2 is 1.90 bits per heavy atom. The van der Waals surface area contributed by atoms with E-state index >= 15 is 0 Å². The van der Waals surface area contributed by atoms with Crippen molar-refractivity contribution < 1.29 is 28.8 Å². The Kier molecular flexibility index (Phi) is 5.33. The van der Waals surface area contributed by atoms with Gasteiger partial charge < -0.3 is 24.4 Å². The lowest BCUT2D eigenvalue weighted by molar-refractivity contribution is 0.284. The largest absolute Gasteiger partial charge is 0.506 e. The fourth-order valence-corrected chi connectivity index (χ4v) is 3.85. The maximum absolute atomic E-state index is 14.6. The lowest BCUT2D eigenvalue weighted by Gasteiger charge is -2.14. The zero-order valence-electron chi connectivity index (χ0n) is 16.2. The van der Waals surface area contributed by atoms with E-state index in [4.69, 9.17) is 14.2 Å². The van der Waals surface area contributed by atoms with Crippen LogP contribution in [0.1, 0.15) is 5.56 Å². The molecule has 4 aromatic rings. The summed E-state index contributed by atoms with van der Waals surface area (Å²) in [7, 11) is 2.99. The topological polar surface area (TPSA) is 81.0 Å². The smallest absolute Gasteiger partial charge is 0.183 e. The van der Waals surface area contributed by atoms with Crippen LogP contribution in [0.4, 0.5) is 4.39 Å². The molecule has 0 aliphatic rings. The van der Waals surface area contributed by atoms with E-state index in [-0.39, 0.29) is 40.0 Å². The van der Waals surface area contributed by atoms with Crippen LogP contribution in [0.5, 0.6) is 28.1 Å². The van der Waals surface area contributed by atoms with Gasteiger partial charge >= 0.3 is 0 Å². The van der Waals surface area contributed by atoms with Crippen LogP contribution in [0.25, 0.3) is 22.0 Å². The molecule has 2 heterocycles. The molecule has 6 nitrogen and oxygen atoms in total. The van der Waals surface area contributed by atoms with Gasteiger partial charge in [0, 0.05) is 28.0 Å². The molecule has 30 heavy (non-hydrogen) atoms. The number of para-hydroxylation sites is 1. The van der Waals surface area contributed by atoms with Gasteiger partial charge in [0.15, 0.2) is 16.6 Å². The van der Waals surface area contributed by atoms with Gasteiger partial charge in [-0.05, 0) is 12.1 Å². The van der Waals surface area contributed by atoms with Crippen molar-refractivity contribution in [3.05, 3.63) is 59.4 Å². The van der Waals surface area contributed by atoms with E-state index in [1.807, 2.05) is 24.3 Å². The van der Waals surface area contributed by atoms with Gasteiger partial charge in [-0.15, -0.1) is 11.3 Å². The first-order valence-electron chi connectivity index (χ1n) is 8.93. The minimum atomic E-state index is -0.651. The average Bonchev–Trinajstić information content (AvgIpc) is 3.09. The van der Waals surface area contributed by atoms with Crippen molar-refractivity contribution in [2.24, 2.45) is 0 Å². The molecular weight excluding hydrogens is 409 g/mol. The summed E-state index contributed by atoms with van der Waals surface area (Å²) in [5, 5.41) is 22.0. The predicted octanol–water partition coefficient (Wildman–Crippen LogP) is 5.11. The van der Waals surface area contributed by atoms with Crippen molar-refractivity contribution >= 4 is 22.2 Å². The first kappa shape index (κ1) is 19.8. The van der Waals surface area contributed by atoms with Crippen molar-refractivity contribution in [3.63, 3.8) is 0 Å². The van der Waals surface area contributed by atoms with Crippen LogP contribution < -0.4 is 14.2 Å². The van der Waals surface area contributed by atoms with Gasteiger partial charge in [-0.25, -0.2) is 4.39 Å². The number of benzene rings is 2. The number of pyridine rings is 1. The van der Waals surface area contributed by atoms with Crippen LogP contribution in [-0.2, 0) is 6.61 Å². The summed E-state index contributed by atoms with van der Waals surface area (Å²) in [6.45, 7) is 0.152. The number of ether oxygens (including phenoxy) is 3.